The van der Waals surface area contributed by atoms with Gasteiger partial charge < -0.3 is 9.80 Å². The van der Waals surface area contributed by atoms with Gasteiger partial charge in [0, 0.05) is 31.1 Å². The second-order valence-corrected chi connectivity index (χ2v) is 8.93. The van der Waals surface area contributed by atoms with Crippen molar-refractivity contribution in [1.29, 1.82) is 0 Å². The van der Waals surface area contributed by atoms with Crippen molar-refractivity contribution >= 4 is 44.4 Å². The molecule has 1 aromatic heterocycles. The van der Waals surface area contributed by atoms with Crippen LogP contribution in [0.5, 0.6) is 0 Å². The number of piperazine rings is 1. The third-order valence-electron chi connectivity index (χ3n) is 5.27. The number of amides is 1. The minimum atomic E-state index is 0.220. The molecule has 0 N–H and O–H groups in total. The molecule has 0 aliphatic carbocycles. The van der Waals surface area contributed by atoms with Gasteiger partial charge in [0.2, 0.25) is 5.91 Å². The molecule has 2 aromatic carbocycles. The van der Waals surface area contributed by atoms with Gasteiger partial charge in [0.05, 0.1) is 16.6 Å². The quantitative estimate of drug-likeness (QED) is 0.581. The molecule has 0 atom stereocenters. The molecule has 1 amide bonds. The Bertz CT molecular complexity index is 960. The summed E-state index contributed by atoms with van der Waals surface area (Å²) >= 11 is 3.50. The van der Waals surface area contributed by atoms with E-state index in [1.807, 2.05) is 4.90 Å². The highest BCUT2D eigenvalue weighted by molar-refractivity contribution is 7.98. The lowest BCUT2D eigenvalue weighted by atomic mass is 10.1. The zero-order valence-electron chi connectivity index (χ0n) is 16.4. The highest BCUT2D eigenvalue weighted by Gasteiger charge is 2.23. The van der Waals surface area contributed by atoms with Gasteiger partial charge in [0.1, 0.15) is 0 Å². The van der Waals surface area contributed by atoms with E-state index in [2.05, 4.69) is 60.5 Å². The largest absolute Gasteiger partial charge is 0.345 e. The lowest BCUT2D eigenvalue weighted by Crippen LogP contribution is -2.49. The number of carbonyl (C=O) groups excluding carboxylic acids is 1. The maximum absolute atomic E-state index is 12.7. The summed E-state index contributed by atoms with van der Waals surface area (Å²) in [7, 11) is 0. The molecule has 0 saturated carbocycles. The first-order chi connectivity index (χ1) is 13.7. The molecule has 6 heteroatoms. The molecule has 1 saturated heterocycles. The van der Waals surface area contributed by atoms with Crippen molar-refractivity contribution in [3.63, 3.8) is 0 Å². The number of anilines is 1. The number of fused-ring (bicyclic) bond motifs is 1. The molecule has 0 radical (unpaired) electrons. The van der Waals surface area contributed by atoms with Crippen LogP contribution in [0.4, 0.5) is 5.13 Å². The lowest BCUT2D eigenvalue weighted by molar-refractivity contribution is -0.130. The van der Waals surface area contributed by atoms with Crippen molar-refractivity contribution in [2.75, 3.05) is 37.3 Å². The molecule has 2 heterocycles. The van der Waals surface area contributed by atoms with Crippen LogP contribution in [-0.2, 0) is 17.6 Å². The molecule has 4 nitrogen and oxygen atoms in total. The molecule has 0 unspecified atom stereocenters. The third kappa shape index (κ3) is 4.18. The van der Waals surface area contributed by atoms with Gasteiger partial charge in [-0.05, 0) is 42.0 Å². The van der Waals surface area contributed by atoms with E-state index in [0.717, 1.165) is 48.8 Å². The van der Waals surface area contributed by atoms with E-state index >= 15 is 0 Å². The van der Waals surface area contributed by atoms with Crippen molar-refractivity contribution in [3.8, 4) is 0 Å². The maximum atomic E-state index is 12.7. The van der Waals surface area contributed by atoms with Gasteiger partial charge in [0.15, 0.2) is 5.13 Å². The first kappa shape index (κ1) is 19.3. The summed E-state index contributed by atoms with van der Waals surface area (Å²) in [6, 6.07) is 14.8. The monoisotopic (exact) mass is 411 g/mol. The molecule has 28 heavy (non-hydrogen) atoms. The van der Waals surface area contributed by atoms with E-state index in [1.165, 1.54) is 15.2 Å². The molecule has 4 rings (SSSR count). The summed E-state index contributed by atoms with van der Waals surface area (Å²) < 4.78 is 1.23. The Morgan fingerprint density at radius 1 is 1.07 bits per heavy atom. The van der Waals surface area contributed by atoms with E-state index in [0.29, 0.717) is 6.42 Å². The highest BCUT2D eigenvalue weighted by Crippen LogP contribution is 2.32. The maximum Gasteiger partial charge on any atom is 0.227 e. The van der Waals surface area contributed by atoms with Gasteiger partial charge >= 0.3 is 0 Å². The minimum Gasteiger partial charge on any atom is -0.345 e. The second kappa shape index (κ2) is 8.53. The van der Waals surface area contributed by atoms with Crippen LogP contribution in [0.2, 0.25) is 0 Å². The number of hydrogen-bond acceptors (Lipinski definition) is 5. The Balaban J connectivity index is 1.36. The summed E-state index contributed by atoms with van der Waals surface area (Å²) in [4.78, 5) is 23.0. The number of benzene rings is 2. The molecule has 3 aromatic rings. The molecule has 1 aliphatic rings. The predicted octanol–water partition coefficient (Wildman–Crippen LogP) is 4.47. The number of thioether (sulfide) groups is 1. The van der Waals surface area contributed by atoms with Crippen LogP contribution in [0.25, 0.3) is 10.2 Å². The van der Waals surface area contributed by atoms with E-state index < -0.39 is 0 Å². The number of nitrogens with zero attached hydrogens (tertiary/aromatic N) is 3. The highest BCUT2D eigenvalue weighted by atomic mass is 32.2. The van der Waals surface area contributed by atoms with Crippen LogP contribution in [0.3, 0.4) is 0 Å². The first-order valence-corrected chi connectivity index (χ1v) is 11.8. The Kier molecular flexibility index (Phi) is 5.87. The van der Waals surface area contributed by atoms with Crippen LogP contribution in [0.15, 0.2) is 47.4 Å². The predicted molar refractivity (Wildman–Crippen MR) is 120 cm³/mol. The molecular weight excluding hydrogens is 386 g/mol. The second-order valence-electron chi connectivity index (χ2n) is 7.04. The standard InChI is InChI=1S/C22H25N3OS2/c1-3-16-4-6-17(7-5-16)14-21(26)24-10-12-25(13-11-24)22-23-19-9-8-18(27-2)15-20(19)28-22/h4-9,15H,3,10-14H2,1-2H3. The van der Waals surface area contributed by atoms with Crippen LogP contribution in [0, 0.1) is 0 Å². The summed E-state index contributed by atoms with van der Waals surface area (Å²) in [5.74, 6) is 0.220. The minimum absolute atomic E-state index is 0.220. The van der Waals surface area contributed by atoms with Crippen LogP contribution in [0.1, 0.15) is 18.1 Å². The Labute approximate surface area is 174 Å². The SMILES string of the molecule is CCc1ccc(CC(=O)N2CCN(c3nc4ccc(SC)cc4s3)CC2)cc1. The van der Waals surface area contributed by atoms with Crippen molar-refractivity contribution < 1.29 is 4.79 Å². The molecule has 146 valence electrons. The van der Waals surface area contributed by atoms with Crippen molar-refractivity contribution in [2.24, 2.45) is 0 Å². The van der Waals surface area contributed by atoms with E-state index in [9.17, 15) is 4.79 Å². The first-order valence-electron chi connectivity index (χ1n) is 9.71. The fraction of sp³-hybridized carbons (Fsp3) is 0.364. The Morgan fingerprint density at radius 3 is 2.46 bits per heavy atom. The van der Waals surface area contributed by atoms with Gasteiger partial charge in [0.25, 0.3) is 0 Å². The Morgan fingerprint density at radius 2 is 1.79 bits per heavy atom. The zero-order valence-corrected chi connectivity index (χ0v) is 18.0. The van der Waals surface area contributed by atoms with E-state index in [-0.39, 0.29) is 5.91 Å². The van der Waals surface area contributed by atoms with Gasteiger partial charge in [-0.2, -0.15) is 0 Å². The summed E-state index contributed by atoms with van der Waals surface area (Å²) in [5, 5.41) is 1.07. The molecule has 0 bridgehead atoms. The fourth-order valence-electron chi connectivity index (χ4n) is 3.48. The van der Waals surface area contributed by atoms with Gasteiger partial charge in [-0.3, -0.25) is 4.79 Å². The van der Waals surface area contributed by atoms with Crippen LogP contribution < -0.4 is 4.90 Å². The summed E-state index contributed by atoms with van der Waals surface area (Å²) in [5.41, 5.74) is 3.47. The number of aromatic nitrogens is 1. The summed E-state index contributed by atoms with van der Waals surface area (Å²) in [6.45, 7) is 5.36. The fourth-order valence-corrected chi connectivity index (χ4v) is 5.05. The topological polar surface area (TPSA) is 36.4 Å². The van der Waals surface area contributed by atoms with E-state index in [1.54, 1.807) is 23.1 Å². The number of aryl methyl sites for hydroxylation is 1. The number of hydrogen-bond donors (Lipinski definition) is 0. The molecular formula is C22H25N3OS2. The van der Waals surface area contributed by atoms with Gasteiger partial charge in [-0.25, -0.2) is 4.98 Å². The number of thiazole rings is 1. The average molecular weight is 412 g/mol. The lowest BCUT2D eigenvalue weighted by Gasteiger charge is -2.34. The van der Waals surface area contributed by atoms with E-state index in [4.69, 9.17) is 4.98 Å². The molecule has 0 spiro atoms. The van der Waals surface area contributed by atoms with Crippen molar-refractivity contribution in [2.45, 2.75) is 24.7 Å². The van der Waals surface area contributed by atoms with Crippen LogP contribution >= 0.6 is 23.1 Å². The third-order valence-corrected chi connectivity index (χ3v) is 7.08. The van der Waals surface area contributed by atoms with Crippen molar-refractivity contribution in [1.82, 2.24) is 9.88 Å². The van der Waals surface area contributed by atoms with Gasteiger partial charge in [-0.15, -0.1) is 11.8 Å². The van der Waals surface area contributed by atoms with Crippen molar-refractivity contribution in [3.05, 3.63) is 53.6 Å². The number of rotatable bonds is 5. The normalized spacial score (nSPS) is 14.6. The Hall–Kier alpha value is -2.05. The van der Waals surface area contributed by atoms with Gasteiger partial charge in [-0.1, -0.05) is 42.5 Å². The smallest absolute Gasteiger partial charge is 0.227 e. The zero-order chi connectivity index (χ0) is 19.5. The average Bonchev–Trinajstić information content (AvgIpc) is 3.17. The van der Waals surface area contributed by atoms with Crippen LogP contribution in [-0.4, -0.2) is 48.2 Å². The molecule has 1 fully saturated rings. The number of carbonyl (C=O) groups is 1. The molecule has 1 aliphatic heterocycles. The summed E-state index contributed by atoms with van der Waals surface area (Å²) in [6.07, 6.45) is 3.61.